The van der Waals surface area contributed by atoms with Gasteiger partial charge in [0.2, 0.25) is 0 Å². The van der Waals surface area contributed by atoms with Gasteiger partial charge in [-0.15, -0.1) is 70.8 Å². The molecule has 0 unspecified atom stereocenters. The smallest absolute Gasteiger partial charge is 0.162 e. The van der Waals surface area contributed by atoms with Crippen LogP contribution in [-0.2, 0) is 24.9 Å². The average Bonchev–Trinajstić information content (AvgIpc) is 3.59. The van der Waals surface area contributed by atoms with Crippen molar-refractivity contribution in [2.75, 3.05) is 0 Å². The van der Waals surface area contributed by atoms with E-state index in [1.165, 1.54) is 60.7 Å². The van der Waals surface area contributed by atoms with Crippen LogP contribution in [0.2, 0.25) is 0 Å². The number of rotatable bonds is 9. The van der Waals surface area contributed by atoms with Gasteiger partial charge in [0, 0.05) is 71.3 Å². The Hall–Kier alpha value is -5.68. The van der Waals surface area contributed by atoms with E-state index in [9.17, 15) is 9.90 Å². The molecule has 5 aromatic carbocycles. The van der Waals surface area contributed by atoms with Crippen molar-refractivity contribution >= 4 is 54.8 Å². The van der Waals surface area contributed by atoms with Crippen LogP contribution < -0.4 is 0 Å². The van der Waals surface area contributed by atoms with Crippen molar-refractivity contribution in [1.29, 1.82) is 0 Å². The van der Waals surface area contributed by atoms with Crippen LogP contribution >= 0.6 is 0 Å². The fraction of sp³-hybridized carbons (Fsp3) is 0.241. The molecule has 0 bridgehead atoms. The quantitative estimate of drug-likeness (QED) is 0.0514. The van der Waals surface area contributed by atoms with Crippen molar-refractivity contribution in [3.63, 3.8) is 0 Å². The summed E-state index contributed by atoms with van der Waals surface area (Å²) in [5, 5.41) is 16.1. The predicted molar refractivity (Wildman–Crippen MR) is 247 cm³/mol. The van der Waals surface area contributed by atoms with Gasteiger partial charge in [0.25, 0.3) is 0 Å². The Morgan fingerprint density at radius 1 is 0.683 bits per heavy atom. The molecule has 4 aromatic heterocycles. The van der Waals surface area contributed by atoms with Crippen LogP contribution in [0.4, 0.5) is 0 Å². The van der Waals surface area contributed by atoms with Crippen LogP contribution in [-0.4, -0.2) is 25.3 Å². The first-order chi connectivity index (χ1) is 28.6. The minimum atomic E-state index is 0. The number of carbonyl (C=O) groups excluding carboxylic acids is 1. The molecule has 0 saturated heterocycles. The van der Waals surface area contributed by atoms with Gasteiger partial charge in [0.15, 0.2) is 5.78 Å². The van der Waals surface area contributed by atoms with E-state index >= 15 is 0 Å². The molecule has 0 aliphatic carbocycles. The number of pyridine rings is 3. The van der Waals surface area contributed by atoms with Gasteiger partial charge in [-0.3, -0.25) is 9.78 Å². The molecule has 4 heterocycles. The Morgan fingerprint density at radius 2 is 1.35 bits per heavy atom. The number of ketones is 1. The summed E-state index contributed by atoms with van der Waals surface area (Å²) in [6.45, 7) is 14.3. The number of benzene rings is 5. The molecular formula is C54H53IrN3O2-2. The number of carbonyl (C=O) groups is 1. The zero-order valence-corrected chi connectivity index (χ0v) is 38.0. The van der Waals surface area contributed by atoms with Crippen LogP contribution in [0.3, 0.4) is 0 Å². The van der Waals surface area contributed by atoms with Crippen molar-refractivity contribution in [1.82, 2.24) is 14.4 Å². The normalized spacial score (nSPS) is 11.6. The van der Waals surface area contributed by atoms with Gasteiger partial charge in [-0.25, -0.2) is 0 Å². The van der Waals surface area contributed by atoms with E-state index in [4.69, 9.17) is 4.98 Å². The molecule has 307 valence electrons. The summed E-state index contributed by atoms with van der Waals surface area (Å²) >= 11 is 0. The van der Waals surface area contributed by atoms with Gasteiger partial charge in [-0.2, -0.15) is 0 Å². The van der Waals surface area contributed by atoms with Crippen molar-refractivity contribution < 1.29 is 30.0 Å². The van der Waals surface area contributed by atoms with E-state index in [-0.39, 0.29) is 43.5 Å². The third-order valence-corrected chi connectivity index (χ3v) is 11.4. The molecule has 0 amide bonds. The van der Waals surface area contributed by atoms with Crippen LogP contribution in [0.15, 0.2) is 133 Å². The number of hydrogen-bond acceptors (Lipinski definition) is 4. The summed E-state index contributed by atoms with van der Waals surface area (Å²) in [6, 6.07) is 47.0. The number of hydrogen-bond donors (Lipinski definition) is 1. The molecule has 6 heteroatoms. The largest absolute Gasteiger partial charge is 0.512 e. The molecule has 1 radical (unpaired) electrons. The first-order valence-electron chi connectivity index (χ1n) is 21.0. The number of aromatic nitrogens is 3. The number of fused-ring (bicyclic) bond motifs is 5. The summed E-state index contributed by atoms with van der Waals surface area (Å²) in [5.74, 6) is 0.547. The number of para-hydroxylation sites is 2. The third kappa shape index (κ3) is 9.06. The summed E-state index contributed by atoms with van der Waals surface area (Å²) < 4.78 is 2.43. The number of aliphatic hydroxyl groups is 1. The van der Waals surface area contributed by atoms with Crippen molar-refractivity contribution in [2.45, 2.75) is 74.1 Å². The summed E-state index contributed by atoms with van der Waals surface area (Å²) in [6.07, 6.45) is 6.78. The minimum Gasteiger partial charge on any atom is -0.512 e. The predicted octanol–water partition coefficient (Wildman–Crippen LogP) is 14.2. The topological polar surface area (TPSA) is 67.5 Å². The first-order valence-corrected chi connectivity index (χ1v) is 21.0. The molecule has 0 saturated carbocycles. The van der Waals surface area contributed by atoms with E-state index in [1.807, 2.05) is 71.1 Å². The monoisotopic (exact) mass is 968 g/mol. The van der Waals surface area contributed by atoms with Crippen LogP contribution in [0.25, 0.3) is 71.5 Å². The van der Waals surface area contributed by atoms with Crippen LogP contribution in [0.1, 0.15) is 70.1 Å². The number of allylic oxidation sites excluding steroid dienone is 2. The zero-order chi connectivity index (χ0) is 41.6. The molecule has 0 aliphatic heterocycles. The first kappa shape index (κ1) is 43.9. The van der Waals surface area contributed by atoms with Gasteiger partial charge in [0.05, 0.1) is 22.3 Å². The standard InChI is InChI=1S/C29H19N2.C13H24O2.C12H10N.Ir/c1-17-13-18(2)15-19(14-17)25-16-27-28-21(8-6-11-24(28)30-25)23-10-5-9-22-20-7-3-4-12-26(20)31(27)29(22)23;1-5-10(6-2)12(14)9-13(15)11(7-3)8-4;1-10-7-8-12(13-9-10)11-5-3-2-4-6-11;/h3-14,16H,1-2H3;9-11,14H,5-8H2,1-4H3;2-5,7-9H,1H3;/q-1;;-1;/b;12-9-;;. The van der Waals surface area contributed by atoms with E-state index < -0.39 is 0 Å². The van der Waals surface area contributed by atoms with Gasteiger partial charge < -0.3 is 14.5 Å². The summed E-state index contributed by atoms with van der Waals surface area (Å²) in [5.41, 5.74) is 12.3. The summed E-state index contributed by atoms with van der Waals surface area (Å²) in [7, 11) is 0. The number of aliphatic hydroxyl groups excluding tert-OH is 1. The van der Waals surface area contributed by atoms with Crippen molar-refractivity contribution in [3.05, 3.63) is 162 Å². The minimum absolute atomic E-state index is 0. The molecule has 5 nitrogen and oxygen atoms in total. The van der Waals surface area contributed by atoms with E-state index in [2.05, 4.69) is 120 Å². The second-order valence-corrected chi connectivity index (χ2v) is 15.5. The van der Waals surface area contributed by atoms with Gasteiger partial charge in [-0.1, -0.05) is 108 Å². The molecule has 9 aromatic rings. The van der Waals surface area contributed by atoms with E-state index in [0.29, 0.717) is 0 Å². The Morgan fingerprint density at radius 3 is 2.02 bits per heavy atom. The van der Waals surface area contributed by atoms with Crippen molar-refractivity contribution in [3.8, 4) is 22.5 Å². The molecule has 0 aliphatic rings. The molecule has 1 N–H and O–H groups in total. The second-order valence-electron chi connectivity index (χ2n) is 15.5. The second kappa shape index (κ2) is 19.6. The molecule has 0 spiro atoms. The van der Waals surface area contributed by atoms with Crippen LogP contribution in [0.5, 0.6) is 0 Å². The maximum Gasteiger partial charge on any atom is 0.162 e. The maximum atomic E-state index is 11.7. The van der Waals surface area contributed by atoms with E-state index in [1.54, 1.807) is 0 Å². The zero-order valence-electron chi connectivity index (χ0n) is 35.6. The number of aryl methyl sites for hydroxylation is 3. The Kier molecular flexibility index (Phi) is 14.3. The Bertz CT molecular complexity index is 2870. The Labute approximate surface area is 367 Å². The molecule has 9 rings (SSSR count). The van der Waals surface area contributed by atoms with Crippen LogP contribution in [0, 0.1) is 44.7 Å². The SMILES string of the molecule is CCC(CC)C(=O)/C=C(\O)C(CC)CC.Cc1[c-]c(-c2cc3c4c(cccc4c4cccc5c6ccccc6n3c45)n2)cc(C)c1.Cc1ccc(-c2[c-]cccc2)nc1.[Ir]. The molecule has 0 fully saturated rings. The fourth-order valence-electron chi connectivity index (χ4n) is 8.28. The number of nitrogens with zero attached hydrogens (tertiary/aromatic N) is 3. The fourth-order valence-corrected chi connectivity index (χ4v) is 8.28. The molecule has 0 atom stereocenters. The van der Waals surface area contributed by atoms with Gasteiger partial charge >= 0.3 is 0 Å². The Balaban J connectivity index is 0.000000175. The van der Waals surface area contributed by atoms with Crippen molar-refractivity contribution in [2.24, 2.45) is 11.8 Å². The third-order valence-electron chi connectivity index (χ3n) is 11.4. The van der Waals surface area contributed by atoms with Gasteiger partial charge in [0.1, 0.15) is 0 Å². The summed E-state index contributed by atoms with van der Waals surface area (Å²) in [4.78, 5) is 21.1. The van der Waals surface area contributed by atoms with E-state index in [0.717, 1.165) is 59.3 Å². The van der Waals surface area contributed by atoms with Gasteiger partial charge in [-0.05, 0) is 67.1 Å². The molecule has 60 heavy (non-hydrogen) atoms. The maximum absolute atomic E-state index is 11.7. The molecular weight excluding hydrogens is 915 g/mol. The average molecular weight is 968 g/mol.